The predicted molar refractivity (Wildman–Crippen MR) is 73.2 cm³/mol. The van der Waals surface area contributed by atoms with Crippen LogP contribution in [-0.4, -0.2) is 40.9 Å². The summed E-state index contributed by atoms with van der Waals surface area (Å²) in [6.07, 6.45) is 0. The zero-order chi connectivity index (χ0) is 15.1. The van der Waals surface area contributed by atoms with Gasteiger partial charge in [-0.25, -0.2) is 0 Å². The minimum absolute atomic E-state index is 0.122. The molecule has 0 aliphatic carbocycles. The number of likely N-dealkylation sites (N-methyl/N-ethyl adjacent to an activating group) is 1. The highest BCUT2D eigenvalue weighted by Gasteiger charge is 2.16. The molecule has 0 atom stereocenters. The number of benzene rings is 1. The standard InChI is InChI=1S/C14H18N2O4/c1-3-16(9-13(18)19)14(20)12-6-4-11(5-7-12)8-15-10(2)17/h4-7H,3,8-9H2,1-2H3,(H,15,17)(H,18,19). The summed E-state index contributed by atoms with van der Waals surface area (Å²) in [6, 6.07) is 6.73. The van der Waals surface area contributed by atoms with Crippen molar-refractivity contribution in [2.24, 2.45) is 0 Å². The molecule has 0 aliphatic heterocycles. The SMILES string of the molecule is CCN(CC(=O)O)C(=O)c1ccc(CNC(C)=O)cc1. The number of aliphatic carboxylic acids is 1. The first-order valence-electron chi connectivity index (χ1n) is 6.28. The molecule has 1 rings (SSSR count). The van der Waals surface area contributed by atoms with Crippen LogP contribution in [0.25, 0.3) is 0 Å². The Morgan fingerprint density at radius 3 is 2.25 bits per heavy atom. The minimum atomic E-state index is -1.04. The molecule has 0 radical (unpaired) electrons. The molecule has 0 unspecified atom stereocenters. The minimum Gasteiger partial charge on any atom is -0.480 e. The van der Waals surface area contributed by atoms with Crippen molar-refractivity contribution < 1.29 is 19.5 Å². The number of nitrogens with zero attached hydrogens (tertiary/aromatic N) is 1. The Labute approximate surface area is 117 Å². The quantitative estimate of drug-likeness (QED) is 0.808. The fourth-order valence-corrected chi connectivity index (χ4v) is 1.66. The second kappa shape index (κ2) is 7.28. The zero-order valence-electron chi connectivity index (χ0n) is 11.5. The van der Waals surface area contributed by atoms with Gasteiger partial charge in [0, 0.05) is 25.6 Å². The molecule has 0 bridgehead atoms. The molecule has 20 heavy (non-hydrogen) atoms. The Balaban J connectivity index is 2.73. The van der Waals surface area contributed by atoms with E-state index in [0.29, 0.717) is 18.7 Å². The fourth-order valence-electron chi connectivity index (χ4n) is 1.66. The molecule has 0 aromatic heterocycles. The van der Waals surface area contributed by atoms with Gasteiger partial charge in [-0.2, -0.15) is 0 Å². The van der Waals surface area contributed by atoms with Crippen LogP contribution >= 0.6 is 0 Å². The summed E-state index contributed by atoms with van der Waals surface area (Å²) >= 11 is 0. The van der Waals surface area contributed by atoms with Crippen molar-refractivity contribution >= 4 is 17.8 Å². The molecule has 0 saturated heterocycles. The van der Waals surface area contributed by atoms with Gasteiger partial charge < -0.3 is 15.3 Å². The third-order valence-corrected chi connectivity index (χ3v) is 2.74. The first-order chi connectivity index (χ1) is 9.43. The van der Waals surface area contributed by atoms with E-state index in [1.54, 1.807) is 31.2 Å². The van der Waals surface area contributed by atoms with E-state index in [2.05, 4.69) is 5.32 Å². The lowest BCUT2D eigenvalue weighted by Crippen LogP contribution is -2.35. The number of carboxylic acid groups (broad SMARTS) is 1. The summed E-state index contributed by atoms with van der Waals surface area (Å²) in [7, 11) is 0. The molecule has 0 saturated carbocycles. The third-order valence-electron chi connectivity index (χ3n) is 2.74. The van der Waals surface area contributed by atoms with E-state index in [0.717, 1.165) is 5.56 Å². The average molecular weight is 278 g/mol. The van der Waals surface area contributed by atoms with Gasteiger partial charge in [0.2, 0.25) is 5.91 Å². The van der Waals surface area contributed by atoms with Crippen LogP contribution in [0.5, 0.6) is 0 Å². The number of carbonyl (C=O) groups excluding carboxylic acids is 2. The molecule has 6 nitrogen and oxygen atoms in total. The van der Waals surface area contributed by atoms with Crippen LogP contribution in [0, 0.1) is 0 Å². The van der Waals surface area contributed by atoms with Crippen LogP contribution in [0.4, 0.5) is 0 Å². The van der Waals surface area contributed by atoms with E-state index in [4.69, 9.17) is 5.11 Å². The van der Waals surface area contributed by atoms with Gasteiger partial charge in [0.25, 0.3) is 5.91 Å². The Hall–Kier alpha value is -2.37. The monoisotopic (exact) mass is 278 g/mol. The van der Waals surface area contributed by atoms with E-state index in [1.807, 2.05) is 0 Å². The summed E-state index contributed by atoms with van der Waals surface area (Å²) in [5.74, 6) is -1.48. The van der Waals surface area contributed by atoms with Gasteiger partial charge in [-0.1, -0.05) is 12.1 Å². The van der Waals surface area contributed by atoms with E-state index < -0.39 is 5.97 Å². The van der Waals surface area contributed by atoms with Crippen LogP contribution in [0.1, 0.15) is 29.8 Å². The van der Waals surface area contributed by atoms with Crippen LogP contribution < -0.4 is 5.32 Å². The molecule has 0 aliphatic rings. The second-order valence-corrected chi connectivity index (χ2v) is 4.32. The van der Waals surface area contributed by atoms with Crippen molar-refractivity contribution in [3.63, 3.8) is 0 Å². The van der Waals surface area contributed by atoms with Crippen LogP contribution in [0.15, 0.2) is 24.3 Å². The Bertz CT molecular complexity index is 496. The number of nitrogens with one attached hydrogen (secondary N) is 1. The predicted octanol–water partition coefficient (Wildman–Crippen LogP) is 0.869. The highest BCUT2D eigenvalue weighted by Crippen LogP contribution is 2.08. The maximum absolute atomic E-state index is 12.1. The molecule has 1 aromatic carbocycles. The van der Waals surface area contributed by atoms with Crippen molar-refractivity contribution in [3.8, 4) is 0 Å². The number of amides is 2. The smallest absolute Gasteiger partial charge is 0.323 e. The van der Waals surface area contributed by atoms with E-state index in [-0.39, 0.29) is 18.4 Å². The van der Waals surface area contributed by atoms with Gasteiger partial charge in [0.15, 0.2) is 0 Å². The van der Waals surface area contributed by atoms with Crippen molar-refractivity contribution in [1.29, 1.82) is 0 Å². The first kappa shape index (κ1) is 15.7. The van der Waals surface area contributed by atoms with Crippen LogP contribution in [0.2, 0.25) is 0 Å². The number of rotatable bonds is 6. The van der Waals surface area contributed by atoms with Crippen molar-refractivity contribution in [1.82, 2.24) is 10.2 Å². The fraction of sp³-hybridized carbons (Fsp3) is 0.357. The maximum atomic E-state index is 12.1. The van der Waals surface area contributed by atoms with Crippen molar-refractivity contribution in [3.05, 3.63) is 35.4 Å². The lowest BCUT2D eigenvalue weighted by Gasteiger charge is -2.18. The van der Waals surface area contributed by atoms with Gasteiger partial charge in [0.05, 0.1) is 0 Å². The normalized spacial score (nSPS) is 9.90. The summed E-state index contributed by atoms with van der Waals surface area (Å²) in [6.45, 7) is 3.58. The Morgan fingerprint density at radius 2 is 1.80 bits per heavy atom. The summed E-state index contributed by atoms with van der Waals surface area (Å²) < 4.78 is 0. The molecule has 2 N–H and O–H groups in total. The van der Waals surface area contributed by atoms with Gasteiger partial charge >= 0.3 is 5.97 Å². The summed E-state index contributed by atoms with van der Waals surface area (Å²) in [5, 5.41) is 11.4. The third kappa shape index (κ3) is 4.72. The van der Waals surface area contributed by atoms with Crippen LogP contribution in [-0.2, 0) is 16.1 Å². The lowest BCUT2D eigenvalue weighted by molar-refractivity contribution is -0.137. The summed E-state index contributed by atoms with van der Waals surface area (Å²) in [4.78, 5) is 34.8. The van der Waals surface area contributed by atoms with Crippen molar-refractivity contribution in [2.75, 3.05) is 13.1 Å². The average Bonchev–Trinajstić information content (AvgIpc) is 2.42. The molecular weight excluding hydrogens is 260 g/mol. The van der Waals surface area contributed by atoms with E-state index >= 15 is 0 Å². The summed E-state index contributed by atoms with van der Waals surface area (Å²) in [5.41, 5.74) is 1.30. The van der Waals surface area contributed by atoms with Gasteiger partial charge in [-0.05, 0) is 24.6 Å². The van der Waals surface area contributed by atoms with Gasteiger partial charge in [-0.15, -0.1) is 0 Å². The number of hydrogen-bond donors (Lipinski definition) is 2. The van der Waals surface area contributed by atoms with Crippen molar-refractivity contribution in [2.45, 2.75) is 20.4 Å². The van der Waals surface area contributed by atoms with Crippen LogP contribution in [0.3, 0.4) is 0 Å². The van der Waals surface area contributed by atoms with E-state index in [9.17, 15) is 14.4 Å². The molecule has 108 valence electrons. The molecule has 6 heteroatoms. The highest BCUT2D eigenvalue weighted by atomic mass is 16.4. The molecule has 1 aromatic rings. The maximum Gasteiger partial charge on any atom is 0.323 e. The molecular formula is C14H18N2O4. The highest BCUT2D eigenvalue weighted by molar-refractivity contribution is 5.95. The topological polar surface area (TPSA) is 86.7 Å². The first-order valence-corrected chi connectivity index (χ1v) is 6.28. The molecule has 0 spiro atoms. The lowest BCUT2D eigenvalue weighted by atomic mass is 10.1. The van der Waals surface area contributed by atoms with Gasteiger partial charge in [-0.3, -0.25) is 14.4 Å². The molecule has 2 amide bonds. The van der Waals surface area contributed by atoms with Gasteiger partial charge in [0.1, 0.15) is 6.54 Å². The zero-order valence-corrected chi connectivity index (χ0v) is 11.5. The Morgan fingerprint density at radius 1 is 1.20 bits per heavy atom. The Kier molecular flexibility index (Phi) is 5.71. The second-order valence-electron chi connectivity index (χ2n) is 4.32. The number of carboxylic acids is 1. The largest absolute Gasteiger partial charge is 0.480 e. The number of hydrogen-bond acceptors (Lipinski definition) is 3. The number of carbonyl (C=O) groups is 3. The molecule has 0 fully saturated rings. The molecule has 0 heterocycles. The van der Waals surface area contributed by atoms with E-state index in [1.165, 1.54) is 11.8 Å².